The van der Waals surface area contributed by atoms with Crippen LogP contribution < -0.4 is 4.74 Å². The van der Waals surface area contributed by atoms with Gasteiger partial charge in [0.2, 0.25) is 0 Å². The molecule has 1 atom stereocenters. The molecule has 0 radical (unpaired) electrons. The van der Waals surface area contributed by atoms with Crippen molar-refractivity contribution in [3.8, 4) is 22.8 Å². The lowest BCUT2D eigenvalue weighted by atomic mass is 10.00. The Labute approximate surface area is 229 Å². The number of rotatable bonds is 4. The van der Waals surface area contributed by atoms with Crippen molar-refractivity contribution >= 4 is 32.6 Å². The van der Waals surface area contributed by atoms with Crippen LogP contribution in [0.3, 0.4) is 0 Å². The van der Waals surface area contributed by atoms with E-state index in [1.54, 1.807) is 0 Å². The summed E-state index contributed by atoms with van der Waals surface area (Å²) in [5.41, 5.74) is 5.60. The first-order chi connectivity index (χ1) is 19.3. The minimum atomic E-state index is 0.272. The molecular weight excluding hydrogens is 476 g/mol. The highest BCUT2D eigenvalue weighted by Crippen LogP contribution is 2.39. The van der Waals surface area contributed by atoms with Crippen LogP contribution in [0.15, 0.2) is 109 Å². The zero-order chi connectivity index (χ0) is 26.2. The van der Waals surface area contributed by atoms with Gasteiger partial charge < -0.3 is 4.74 Å². The van der Waals surface area contributed by atoms with Gasteiger partial charge in [-0.2, -0.15) is 0 Å². The van der Waals surface area contributed by atoms with Gasteiger partial charge in [0.1, 0.15) is 11.6 Å². The van der Waals surface area contributed by atoms with E-state index in [-0.39, 0.29) is 6.10 Å². The van der Waals surface area contributed by atoms with Crippen LogP contribution in [0.2, 0.25) is 0 Å². The van der Waals surface area contributed by atoms with Gasteiger partial charge in [-0.05, 0) is 74.1 Å². The molecule has 1 aromatic heterocycles. The molecule has 3 heteroatoms. The van der Waals surface area contributed by atoms with Gasteiger partial charge in [0.25, 0.3) is 0 Å². The molecule has 0 saturated carbocycles. The molecule has 0 fully saturated rings. The largest absolute Gasteiger partial charge is 0.490 e. The molecule has 0 spiro atoms. The summed E-state index contributed by atoms with van der Waals surface area (Å²) < 4.78 is 8.78. The average molecular weight is 509 g/mol. The van der Waals surface area contributed by atoms with E-state index in [0.717, 1.165) is 59.5 Å². The van der Waals surface area contributed by atoms with Crippen LogP contribution in [0.25, 0.3) is 49.7 Å². The molecule has 7 rings (SSSR count). The Bertz CT molecular complexity index is 1810. The van der Waals surface area contributed by atoms with Gasteiger partial charge in [0.05, 0.1) is 17.1 Å². The van der Waals surface area contributed by atoms with Crippen LogP contribution in [0.5, 0.6) is 5.75 Å². The molecule has 1 aliphatic rings. The van der Waals surface area contributed by atoms with E-state index in [9.17, 15) is 0 Å². The Morgan fingerprint density at radius 1 is 0.692 bits per heavy atom. The van der Waals surface area contributed by atoms with E-state index < -0.39 is 0 Å². The first-order valence-electron chi connectivity index (χ1n) is 14.1. The maximum Gasteiger partial charge on any atom is 0.145 e. The van der Waals surface area contributed by atoms with Gasteiger partial charge in [0.15, 0.2) is 0 Å². The van der Waals surface area contributed by atoms with E-state index in [0.29, 0.717) is 0 Å². The molecule has 0 saturated heterocycles. The monoisotopic (exact) mass is 508 g/mol. The summed E-state index contributed by atoms with van der Waals surface area (Å²) >= 11 is 0. The fraction of sp³-hybridized carbons (Fsp3) is 0.194. The fourth-order valence-corrected chi connectivity index (χ4v) is 5.96. The van der Waals surface area contributed by atoms with E-state index in [2.05, 4.69) is 121 Å². The van der Waals surface area contributed by atoms with E-state index in [4.69, 9.17) is 9.72 Å². The van der Waals surface area contributed by atoms with Crippen molar-refractivity contribution < 1.29 is 4.74 Å². The number of allylic oxidation sites excluding steroid dienone is 2. The predicted octanol–water partition coefficient (Wildman–Crippen LogP) is 9.58. The zero-order valence-electron chi connectivity index (χ0n) is 22.3. The highest BCUT2D eigenvalue weighted by atomic mass is 16.5. The van der Waals surface area contributed by atoms with Gasteiger partial charge in [-0.3, -0.25) is 4.57 Å². The molecule has 0 amide bonds. The smallest absolute Gasteiger partial charge is 0.145 e. The Morgan fingerprint density at radius 3 is 2.13 bits per heavy atom. The molecule has 1 unspecified atom stereocenters. The number of ether oxygens (including phenoxy) is 1. The molecule has 1 aliphatic carbocycles. The number of imidazole rings is 1. The minimum absolute atomic E-state index is 0.272. The molecule has 6 aromatic rings. The van der Waals surface area contributed by atoms with E-state index >= 15 is 0 Å². The normalized spacial score (nSPS) is 16.8. The van der Waals surface area contributed by atoms with Crippen LogP contribution in [-0.2, 0) is 0 Å². The van der Waals surface area contributed by atoms with E-state index in [1.165, 1.54) is 33.5 Å². The number of hydrogen-bond acceptors (Lipinski definition) is 2. The highest BCUT2D eigenvalue weighted by Gasteiger charge is 2.20. The summed E-state index contributed by atoms with van der Waals surface area (Å²) in [4.78, 5) is 5.33. The third-order valence-corrected chi connectivity index (χ3v) is 7.96. The summed E-state index contributed by atoms with van der Waals surface area (Å²) in [6.45, 7) is 2.12. The van der Waals surface area contributed by atoms with Crippen LogP contribution in [0.1, 0.15) is 37.7 Å². The topological polar surface area (TPSA) is 27.1 Å². The van der Waals surface area contributed by atoms with Gasteiger partial charge in [-0.25, -0.2) is 4.98 Å². The molecule has 1 heterocycles. The molecule has 39 heavy (non-hydrogen) atoms. The molecule has 0 bridgehead atoms. The summed E-state index contributed by atoms with van der Waals surface area (Å²) in [6, 6.07) is 34.6. The minimum Gasteiger partial charge on any atom is -0.490 e. The number of fused-ring (bicyclic) bond motifs is 6. The summed E-state index contributed by atoms with van der Waals surface area (Å²) in [5.74, 6) is 1.89. The Kier molecular flexibility index (Phi) is 6.13. The molecule has 3 nitrogen and oxygen atoms in total. The van der Waals surface area contributed by atoms with Gasteiger partial charge in [-0.1, -0.05) is 90.5 Å². The molecule has 5 aromatic carbocycles. The summed E-state index contributed by atoms with van der Waals surface area (Å²) in [7, 11) is 0. The second-order valence-electron chi connectivity index (χ2n) is 10.6. The lowest BCUT2D eigenvalue weighted by Crippen LogP contribution is -2.17. The van der Waals surface area contributed by atoms with Crippen LogP contribution in [0.4, 0.5) is 0 Å². The average Bonchev–Trinajstić information content (AvgIpc) is 3.36. The van der Waals surface area contributed by atoms with Crippen molar-refractivity contribution in [1.82, 2.24) is 9.55 Å². The third-order valence-electron chi connectivity index (χ3n) is 7.96. The predicted molar refractivity (Wildman–Crippen MR) is 163 cm³/mol. The van der Waals surface area contributed by atoms with Gasteiger partial charge in [0, 0.05) is 22.0 Å². The first-order valence-corrected chi connectivity index (χ1v) is 14.1. The molecule has 0 N–H and O–H groups in total. The Hall–Kier alpha value is -4.37. The second-order valence-corrected chi connectivity index (χ2v) is 10.6. The molecule has 192 valence electrons. The van der Waals surface area contributed by atoms with Crippen LogP contribution in [0, 0.1) is 6.92 Å². The highest BCUT2D eigenvalue weighted by molar-refractivity contribution is 6.24. The van der Waals surface area contributed by atoms with Crippen LogP contribution >= 0.6 is 0 Å². The number of aryl methyl sites for hydroxylation is 1. The standard InChI is InChI=1S/C36H32N2O/c1-25-17-19-26(20-18-25)36-37-34-32-15-9-7-13-30(32)31-14-8-10-16-33(31)35(34)38(36)27-21-23-29(24-22-27)39-28-11-5-3-2-4-6-12-28/h2-3,7-10,13-24,28H,4-6,11-12H2,1H3/b3-2-. The second kappa shape index (κ2) is 10.1. The SMILES string of the molecule is Cc1ccc(-c2nc3c4ccccc4c4ccccc4c3n2-c2ccc(OC3CC/C=C\CCC3)cc2)cc1. The zero-order valence-corrected chi connectivity index (χ0v) is 22.3. The van der Waals surface area contributed by atoms with Gasteiger partial charge >= 0.3 is 0 Å². The lowest BCUT2D eigenvalue weighted by molar-refractivity contribution is 0.178. The third kappa shape index (κ3) is 4.38. The molecule has 0 aliphatic heterocycles. The number of benzene rings is 5. The maximum atomic E-state index is 6.45. The van der Waals surface area contributed by atoms with Crippen LogP contribution in [-0.4, -0.2) is 15.7 Å². The summed E-state index contributed by atoms with van der Waals surface area (Å²) in [5, 5.41) is 4.87. The first kappa shape index (κ1) is 23.7. The van der Waals surface area contributed by atoms with Crippen molar-refractivity contribution in [2.75, 3.05) is 0 Å². The maximum absolute atomic E-state index is 6.45. The van der Waals surface area contributed by atoms with Crippen molar-refractivity contribution in [3.05, 3.63) is 115 Å². The number of hydrogen-bond donors (Lipinski definition) is 0. The summed E-state index contributed by atoms with van der Waals surface area (Å²) in [6.07, 6.45) is 10.5. The Balaban J connectivity index is 1.42. The van der Waals surface area contributed by atoms with Crippen molar-refractivity contribution in [2.45, 2.75) is 45.1 Å². The number of aromatic nitrogens is 2. The quantitative estimate of drug-likeness (QED) is 0.175. The fourth-order valence-electron chi connectivity index (χ4n) is 5.96. The molecular formula is C36H32N2O. The van der Waals surface area contributed by atoms with Gasteiger partial charge in [-0.15, -0.1) is 0 Å². The van der Waals surface area contributed by atoms with Crippen molar-refractivity contribution in [1.29, 1.82) is 0 Å². The van der Waals surface area contributed by atoms with Crippen molar-refractivity contribution in [3.63, 3.8) is 0 Å². The van der Waals surface area contributed by atoms with E-state index in [1.807, 2.05) is 0 Å². The number of nitrogens with zero attached hydrogens (tertiary/aromatic N) is 2. The van der Waals surface area contributed by atoms with Crippen molar-refractivity contribution in [2.24, 2.45) is 0 Å². The lowest BCUT2D eigenvalue weighted by Gasteiger charge is -2.20. The Morgan fingerprint density at radius 2 is 1.36 bits per heavy atom.